The van der Waals surface area contributed by atoms with Crippen LogP contribution < -0.4 is 58.6 Å². The van der Waals surface area contributed by atoms with Gasteiger partial charge in [0.15, 0.2) is 52.2 Å². The Labute approximate surface area is 865 Å². The number of rotatable bonds is 38. The number of ether oxygens (including phenoxy) is 8. The lowest BCUT2D eigenvalue weighted by molar-refractivity contribution is -0.202. The van der Waals surface area contributed by atoms with Crippen LogP contribution >= 0.6 is 102 Å². The van der Waals surface area contributed by atoms with Crippen LogP contribution in [-0.4, -0.2) is 161 Å². The first kappa shape index (κ1) is 114. The number of imidazole rings is 2. The topological polar surface area (TPSA) is 430 Å². The number of methoxy groups -OCH3 is 1. The highest BCUT2D eigenvalue weighted by Crippen LogP contribution is 2.62. The molecule has 3 unspecified atom stereocenters. The normalized spacial score (nSPS) is 22.3. The lowest BCUT2D eigenvalue weighted by Gasteiger charge is -2.37. The van der Waals surface area contributed by atoms with Crippen LogP contribution in [0.3, 0.4) is 0 Å². The summed E-state index contributed by atoms with van der Waals surface area (Å²) in [5.74, 6) is -7.39. The quantitative estimate of drug-likeness (QED) is 0.00688. The summed E-state index contributed by atoms with van der Waals surface area (Å²) in [6, 6.07) is 58.0. The van der Waals surface area contributed by atoms with E-state index in [1.807, 2.05) is 115 Å². The van der Waals surface area contributed by atoms with E-state index in [1.165, 1.54) is 62.9 Å². The maximum absolute atomic E-state index is 17.4. The number of hydrogen-bond acceptors (Lipinski definition) is 31. The maximum Gasteiger partial charge on any atom is 0.459 e. The smallest absolute Gasteiger partial charge is 0.459 e. The molecule has 50 heteroatoms. The van der Waals surface area contributed by atoms with Gasteiger partial charge in [-0.05, 0) is 248 Å². The minimum atomic E-state index is -4.58. The van der Waals surface area contributed by atoms with Crippen LogP contribution in [0.15, 0.2) is 219 Å². The predicted molar refractivity (Wildman–Crippen MR) is 544 cm³/mol. The molecule has 7 N–H and O–H groups in total. The zero-order valence-corrected chi connectivity index (χ0v) is 89.1. The van der Waals surface area contributed by atoms with E-state index in [4.69, 9.17) is 110 Å². The summed E-state index contributed by atoms with van der Waals surface area (Å²) in [7, 11) is -8.97. The minimum absolute atomic E-state index is 0.0216. The molecule has 7 aromatic carbocycles. The van der Waals surface area contributed by atoms with Gasteiger partial charge in [0.1, 0.15) is 83.9 Å². The van der Waals surface area contributed by atoms with Crippen LogP contribution in [0.25, 0.3) is 22.3 Å². The molecule has 4 aromatic heterocycles. The fraction of sp³-hybridized carbons (Fsp3) is 0.421. The van der Waals surface area contributed by atoms with Gasteiger partial charge in [-0.15, -0.1) is 0 Å². The fourth-order valence-electron chi connectivity index (χ4n) is 16.2. The number of benzene rings is 7. The molecule has 35 nitrogen and oxygen atoms in total. The first-order chi connectivity index (χ1) is 68.9. The van der Waals surface area contributed by atoms with Crippen molar-refractivity contribution in [3.63, 3.8) is 0 Å². The summed E-state index contributed by atoms with van der Waals surface area (Å²) >= 11 is 30.3. The van der Waals surface area contributed by atoms with Crippen LogP contribution in [0.1, 0.15) is 162 Å². The van der Waals surface area contributed by atoms with Crippen LogP contribution in [0, 0.1) is 5.92 Å². The Morgan fingerprint density at radius 3 is 1.28 bits per heavy atom. The lowest BCUT2D eigenvalue weighted by Crippen LogP contribution is -2.47. The summed E-state index contributed by atoms with van der Waals surface area (Å²) in [5.41, 5.74) is 2.29. The van der Waals surface area contributed by atoms with Gasteiger partial charge in [-0.1, -0.05) is 153 Å². The molecule has 784 valence electrons. The number of nitrogens with zero attached hydrogens (tertiary/aromatic N) is 8. The Morgan fingerprint density at radius 2 is 0.869 bits per heavy atom. The van der Waals surface area contributed by atoms with E-state index in [-0.39, 0.29) is 95.0 Å². The van der Waals surface area contributed by atoms with Gasteiger partial charge in [-0.3, -0.25) is 37.1 Å². The second-order valence-electron chi connectivity index (χ2n) is 34.3. The number of hydrogen-bond donors (Lipinski definition) is 6. The number of nitrogens with two attached hydrogens (primary N) is 1. The van der Waals surface area contributed by atoms with Gasteiger partial charge in [0.05, 0.1) is 38.9 Å². The number of aliphatic hydroxyl groups is 1. The van der Waals surface area contributed by atoms with Crippen molar-refractivity contribution in [2.75, 3.05) is 44.6 Å². The summed E-state index contributed by atoms with van der Waals surface area (Å²) in [5, 5.41) is 19.2. The van der Waals surface area contributed by atoms with Crippen LogP contribution in [-0.2, 0) is 70.9 Å². The molecule has 16 rings (SSSR count). The number of nitrogen functional groups attached to an aromatic ring is 1. The molecule has 0 amide bonds. The first-order valence-electron chi connectivity index (χ1n) is 46.2. The molecule has 6 heterocycles. The molecule has 0 bridgehead atoms. The number of esters is 3. The molecule has 3 aliphatic carbocycles. The highest BCUT2D eigenvalue weighted by molar-refractivity contribution is 8.24. The third-order valence-electron chi connectivity index (χ3n) is 23.6. The molecular formula is C95H112Cl6F4N13O22P5. The summed E-state index contributed by atoms with van der Waals surface area (Å²) in [6.45, 7) is 9.64. The minimum Gasteiger partial charge on any atom is -0.497 e. The molecule has 14 atom stereocenters. The van der Waals surface area contributed by atoms with E-state index < -0.39 is 131 Å². The maximum atomic E-state index is 17.4. The SMILES string of the molecule is CCOc1nc(N)nc2c1ncn2[C@@H]1O[C@](F)(COP(=O)(N[C@@H](C)C(=O)OC2CCCC2)Oc2ccccc2)[C@@H](O)[C@@]1(C)F.CCOc1nc(NC(c2ccccc2)(c2ccccc2)c2ccc(OC)cc2)nc2c1ncn2[C@@H]1O[C@](F)(COP(=O)(N[C@@H](C)C(=O)OC2CCCC2)Oc2ccccc2)[C@@H](C)[C@@]1(C)F.C[C@H](NP(Cl)Oc1ccccc1)C(=O)OC1CCCC1.O=P(Cl)(Cl)Cl.O=P(Cl)(Cl)Oc1ccccc1. The van der Waals surface area contributed by atoms with Crippen molar-refractivity contribution in [2.45, 2.75) is 216 Å². The van der Waals surface area contributed by atoms with Crippen molar-refractivity contribution in [1.82, 2.24) is 54.3 Å². The van der Waals surface area contributed by atoms with Crippen LogP contribution in [0.4, 0.5) is 29.5 Å². The Hall–Kier alpha value is -9.26. The van der Waals surface area contributed by atoms with Crippen molar-refractivity contribution in [1.29, 1.82) is 0 Å². The second kappa shape index (κ2) is 51.3. The van der Waals surface area contributed by atoms with Gasteiger partial charge in [0.25, 0.3) is 13.5 Å². The highest BCUT2D eigenvalue weighted by Gasteiger charge is 2.66. The Morgan fingerprint density at radius 1 is 0.510 bits per heavy atom. The number of para-hydroxylation sites is 4. The van der Waals surface area contributed by atoms with Gasteiger partial charge in [0, 0.05) is 22.5 Å². The van der Waals surface area contributed by atoms with Gasteiger partial charge in [0.2, 0.25) is 29.5 Å². The van der Waals surface area contributed by atoms with E-state index in [0.29, 0.717) is 30.1 Å². The number of aliphatic hydroxyl groups excluding tert-OH is 1. The van der Waals surface area contributed by atoms with Crippen LogP contribution in [0.5, 0.6) is 40.5 Å². The monoisotopic (exact) mass is 2230 g/mol. The van der Waals surface area contributed by atoms with Crippen LogP contribution in [0.2, 0.25) is 0 Å². The molecule has 2 aliphatic heterocycles. The largest absolute Gasteiger partial charge is 0.497 e. The summed E-state index contributed by atoms with van der Waals surface area (Å²) < 4.78 is 196. The Kier molecular flexibility index (Phi) is 40.5. The van der Waals surface area contributed by atoms with Gasteiger partial charge in [-0.25, -0.2) is 46.3 Å². The summed E-state index contributed by atoms with van der Waals surface area (Å²) in [4.78, 5) is 64.1. The molecule has 0 radical (unpaired) electrons. The molecule has 145 heavy (non-hydrogen) atoms. The molecular weight excluding hydrogens is 2120 g/mol. The van der Waals surface area contributed by atoms with E-state index in [9.17, 15) is 37.8 Å². The number of fused-ring (bicyclic) bond motifs is 2. The fourth-order valence-corrected chi connectivity index (χ4v) is 21.5. The van der Waals surface area contributed by atoms with Gasteiger partial charge in [-0.2, -0.15) is 30.1 Å². The number of alkyl halides is 4. The first-order valence-corrected chi connectivity index (χ1v) is 59.3. The highest BCUT2D eigenvalue weighted by atomic mass is 36.0. The number of anilines is 2. The number of nitrogens with one attached hydrogen (secondary N) is 4. The van der Waals surface area contributed by atoms with Crippen molar-refractivity contribution in [3.05, 3.63) is 236 Å². The third-order valence-corrected chi connectivity index (χ3v) is 29.2. The zero-order valence-electron chi connectivity index (χ0n) is 80.1. The molecule has 5 aliphatic rings. The van der Waals surface area contributed by atoms with Gasteiger partial charge < -0.3 is 72.1 Å². The van der Waals surface area contributed by atoms with Gasteiger partial charge >= 0.3 is 44.7 Å². The Bertz CT molecular complexity index is 6220. The number of aromatic nitrogens is 8. The van der Waals surface area contributed by atoms with E-state index in [2.05, 4.69) is 78.8 Å². The number of carbonyl (C=O) groups is 3. The van der Waals surface area contributed by atoms with E-state index in [0.717, 1.165) is 98.7 Å². The average molecular weight is 2230 g/mol. The number of carbonyl (C=O) groups excluding carboxylic acids is 3. The molecule has 3 saturated carbocycles. The Balaban J connectivity index is 0.000000198. The lowest BCUT2D eigenvalue weighted by atomic mass is 9.77. The molecule has 5 fully saturated rings. The molecule has 11 aromatic rings. The molecule has 0 spiro atoms. The second-order valence-corrected chi connectivity index (χ2v) is 50.4. The zero-order chi connectivity index (χ0) is 105. The van der Waals surface area contributed by atoms with Crippen molar-refractivity contribution in [2.24, 2.45) is 5.92 Å². The van der Waals surface area contributed by atoms with E-state index >= 15 is 17.6 Å². The molecule has 2 saturated heterocycles. The van der Waals surface area contributed by atoms with Crippen molar-refractivity contribution in [3.8, 4) is 40.5 Å². The van der Waals surface area contributed by atoms with Crippen molar-refractivity contribution < 1.29 is 120 Å². The third kappa shape index (κ3) is 31.2. The average Bonchev–Trinajstić information content (AvgIpc) is 1.58. The predicted octanol–water partition coefficient (Wildman–Crippen LogP) is 24.1. The van der Waals surface area contributed by atoms with E-state index in [1.54, 1.807) is 94.6 Å². The van der Waals surface area contributed by atoms with Crippen molar-refractivity contribution >= 4 is 154 Å². The standard InChI is InChI=1S/C48H53F2N6O8P.C27H35F2N6O8P.C14H19ClNO3P.C6H5Cl2O2P.Cl3OP/c1-6-60-42-40-41(52-45(53-42)54-48(34-18-10-7-11-19-34,35-20-12-8-13-21-35)36-26-28-37(59-5)29-27-36)56(31-51-40)44-46(4,49)33(3)47(50,63-44)30-61-65(58,64-39-24-14-9-15-25-39)55-32(2)43(57)62-38-22-16-17-23-38;1-4-39-21-19-20(32-25(30)33-21)35(15-31-19)24-26(3,28)23(37)27(29,42-24)14-40-44(38,43-18-12-6-5-7-13-18)34-16(2)22(36)41-17-10-8-9-11-17;1-11(14(17)18-12-7-5-6-8-12)16-20(15)19-13-9-3-2-4-10-13;7-11(8,9)10-6-4-2-1-3-5-6;1-5(2,3)4/h7-15,18-21,24-29,31-33,38,44H,6,16-17,22-23,30H2,1-5H3,(H,55,58)(H,52,53,54);5-7,12-13,15-17,23-24,37H,4,8-11,14H2,1-3H3,(H,34,38)(H2,30,32,33);2-4,9-12,16H,5-8H2,1H3;1-5H;/t32-,33-,44+,46+,47+,65?;16-,23-,24+,26+,27+,44?;11-,20?;;/m000../s1. The number of halogens is 10. The summed E-state index contributed by atoms with van der Waals surface area (Å²) in [6.07, 6.45) is 3.39.